The third-order valence-electron chi connectivity index (χ3n) is 3.29. The Morgan fingerprint density at radius 3 is 2.94 bits per heavy atom. The summed E-state index contributed by atoms with van der Waals surface area (Å²) in [5.74, 6) is 0.159. The lowest BCUT2D eigenvalue weighted by Gasteiger charge is -2.28. The quantitative estimate of drug-likeness (QED) is 0.836. The fourth-order valence-electron chi connectivity index (χ4n) is 2.32. The minimum atomic E-state index is -0.201. The van der Waals surface area contributed by atoms with Crippen molar-refractivity contribution in [2.24, 2.45) is 11.7 Å². The van der Waals surface area contributed by atoms with E-state index in [1.807, 2.05) is 6.92 Å². The molecular weight excluding hydrogens is 205 g/mol. The van der Waals surface area contributed by atoms with E-state index < -0.39 is 0 Å². The highest BCUT2D eigenvalue weighted by atomic mass is 19.1. The van der Waals surface area contributed by atoms with Crippen LogP contribution < -0.4 is 5.73 Å². The van der Waals surface area contributed by atoms with Crippen LogP contribution in [0, 0.1) is 18.7 Å². The Kier molecular flexibility index (Phi) is 3.56. The Labute approximate surface area is 95.6 Å². The minimum Gasteiger partial charge on any atom is -0.381 e. The second-order valence-electron chi connectivity index (χ2n) is 4.50. The molecule has 2 atom stereocenters. The van der Waals surface area contributed by atoms with Crippen molar-refractivity contribution in [3.63, 3.8) is 0 Å². The number of hydrogen-bond acceptors (Lipinski definition) is 2. The van der Waals surface area contributed by atoms with Crippen LogP contribution in [0.25, 0.3) is 0 Å². The van der Waals surface area contributed by atoms with Gasteiger partial charge in [-0.25, -0.2) is 4.39 Å². The van der Waals surface area contributed by atoms with Crippen LogP contribution in [0.1, 0.15) is 30.0 Å². The van der Waals surface area contributed by atoms with E-state index in [0.29, 0.717) is 5.92 Å². The van der Waals surface area contributed by atoms with Gasteiger partial charge in [-0.2, -0.15) is 0 Å². The van der Waals surface area contributed by atoms with Gasteiger partial charge in [0.05, 0.1) is 6.61 Å². The van der Waals surface area contributed by atoms with E-state index in [9.17, 15) is 4.39 Å². The summed E-state index contributed by atoms with van der Waals surface area (Å²) < 4.78 is 18.4. The fraction of sp³-hybridized carbons (Fsp3) is 0.538. The third kappa shape index (κ3) is 2.42. The van der Waals surface area contributed by atoms with Crippen molar-refractivity contribution < 1.29 is 9.13 Å². The summed E-state index contributed by atoms with van der Waals surface area (Å²) in [5, 5.41) is 0. The van der Waals surface area contributed by atoms with Crippen LogP contribution in [0.3, 0.4) is 0 Å². The molecule has 0 bridgehead atoms. The number of benzene rings is 1. The lowest BCUT2D eigenvalue weighted by molar-refractivity contribution is 0.0447. The molecule has 0 saturated carbocycles. The Morgan fingerprint density at radius 2 is 2.31 bits per heavy atom. The lowest BCUT2D eigenvalue weighted by atomic mass is 9.87. The molecule has 0 aromatic heterocycles. The summed E-state index contributed by atoms with van der Waals surface area (Å²) in [7, 11) is 0. The average molecular weight is 223 g/mol. The predicted octanol–water partition coefficient (Wildman–Crippen LogP) is 2.56. The van der Waals surface area contributed by atoms with Crippen LogP contribution in [0.15, 0.2) is 18.2 Å². The highest BCUT2D eigenvalue weighted by Gasteiger charge is 2.23. The van der Waals surface area contributed by atoms with Gasteiger partial charge in [0.25, 0.3) is 0 Å². The second kappa shape index (κ2) is 4.93. The van der Waals surface area contributed by atoms with Gasteiger partial charge in [-0.05, 0) is 43.0 Å². The topological polar surface area (TPSA) is 35.2 Å². The molecule has 16 heavy (non-hydrogen) atoms. The number of ether oxygens (including phenoxy) is 1. The first kappa shape index (κ1) is 11.6. The second-order valence-corrected chi connectivity index (χ2v) is 4.50. The first-order chi connectivity index (χ1) is 7.68. The van der Waals surface area contributed by atoms with Gasteiger partial charge in [-0.15, -0.1) is 0 Å². The molecule has 0 spiro atoms. The maximum absolute atomic E-state index is 13.0. The van der Waals surface area contributed by atoms with Crippen LogP contribution in [-0.2, 0) is 4.74 Å². The van der Waals surface area contributed by atoms with Gasteiger partial charge < -0.3 is 10.5 Å². The Bertz CT molecular complexity index is 361. The molecule has 1 fully saturated rings. The van der Waals surface area contributed by atoms with Crippen LogP contribution in [0.4, 0.5) is 4.39 Å². The zero-order chi connectivity index (χ0) is 11.5. The van der Waals surface area contributed by atoms with Gasteiger partial charge in [0, 0.05) is 18.6 Å². The Morgan fingerprint density at radius 1 is 1.50 bits per heavy atom. The van der Waals surface area contributed by atoms with Crippen LogP contribution in [0.5, 0.6) is 0 Å². The summed E-state index contributed by atoms with van der Waals surface area (Å²) in [5.41, 5.74) is 8.19. The van der Waals surface area contributed by atoms with E-state index in [0.717, 1.165) is 37.2 Å². The number of hydrogen-bond donors (Lipinski definition) is 1. The molecule has 0 amide bonds. The van der Waals surface area contributed by atoms with Crippen molar-refractivity contribution >= 4 is 0 Å². The Balaban J connectivity index is 2.15. The van der Waals surface area contributed by atoms with Crippen molar-refractivity contribution in [1.29, 1.82) is 0 Å². The van der Waals surface area contributed by atoms with E-state index >= 15 is 0 Å². The molecule has 2 N–H and O–H groups in total. The first-order valence-corrected chi connectivity index (χ1v) is 5.78. The zero-order valence-corrected chi connectivity index (χ0v) is 9.58. The molecule has 88 valence electrons. The molecule has 0 aliphatic carbocycles. The molecule has 1 aliphatic rings. The van der Waals surface area contributed by atoms with E-state index in [4.69, 9.17) is 10.5 Å². The van der Waals surface area contributed by atoms with Crippen molar-refractivity contribution in [3.05, 3.63) is 35.1 Å². The summed E-state index contributed by atoms with van der Waals surface area (Å²) in [4.78, 5) is 0. The van der Waals surface area contributed by atoms with Crippen molar-refractivity contribution in [1.82, 2.24) is 0 Å². The van der Waals surface area contributed by atoms with Gasteiger partial charge in [-0.1, -0.05) is 6.07 Å². The van der Waals surface area contributed by atoms with Crippen LogP contribution in [-0.4, -0.2) is 13.2 Å². The molecule has 3 heteroatoms. The number of nitrogens with two attached hydrogens (primary N) is 1. The molecule has 2 unspecified atom stereocenters. The van der Waals surface area contributed by atoms with E-state index in [1.54, 1.807) is 12.1 Å². The normalized spacial score (nSPS) is 23.1. The first-order valence-electron chi connectivity index (χ1n) is 5.78. The van der Waals surface area contributed by atoms with E-state index in [1.165, 1.54) is 6.07 Å². The molecular formula is C13H18FNO. The van der Waals surface area contributed by atoms with Gasteiger partial charge in [-0.3, -0.25) is 0 Å². The number of halogens is 1. The van der Waals surface area contributed by atoms with E-state index in [-0.39, 0.29) is 11.9 Å². The standard InChI is InChI=1S/C13H18FNO/c1-9-7-11(14)4-5-12(9)13(15)10-3-2-6-16-8-10/h4-5,7,10,13H,2-3,6,8,15H2,1H3. The average Bonchev–Trinajstić information content (AvgIpc) is 2.29. The van der Waals surface area contributed by atoms with Gasteiger partial charge >= 0.3 is 0 Å². The lowest BCUT2D eigenvalue weighted by Crippen LogP contribution is -2.29. The van der Waals surface area contributed by atoms with Gasteiger partial charge in [0.1, 0.15) is 5.82 Å². The molecule has 2 rings (SSSR count). The SMILES string of the molecule is Cc1cc(F)ccc1C(N)C1CCCOC1. The zero-order valence-electron chi connectivity index (χ0n) is 9.58. The molecule has 1 aromatic carbocycles. The van der Waals surface area contributed by atoms with Crippen molar-refractivity contribution in [2.45, 2.75) is 25.8 Å². The number of aryl methyl sites for hydroxylation is 1. The highest BCUT2D eigenvalue weighted by Crippen LogP contribution is 2.28. The van der Waals surface area contributed by atoms with Gasteiger partial charge in [0.15, 0.2) is 0 Å². The molecule has 1 saturated heterocycles. The van der Waals surface area contributed by atoms with E-state index in [2.05, 4.69) is 0 Å². The summed E-state index contributed by atoms with van der Waals surface area (Å²) in [6.07, 6.45) is 2.16. The monoisotopic (exact) mass is 223 g/mol. The fourth-order valence-corrected chi connectivity index (χ4v) is 2.32. The van der Waals surface area contributed by atoms with Crippen molar-refractivity contribution in [3.8, 4) is 0 Å². The maximum Gasteiger partial charge on any atom is 0.123 e. The maximum atomic E-state index is 13.0. The van der Waals surface area contributed by atoms with Crippen LogP contribution in [0.2, 0.25) is 0 Å². The summed E-state index contributed by atoms with van der Waals surface area (Å²) >= 11 is 0. The molecule has 0 radical (unpaired) electrons. The van der Waals surface area contributed by atoms with Crippen molar-refractivity contribution in [2.75, 3.05) is 13.2 Å². The number of rotatable bonds is 2. The van der Waals surface area contributed by atoms with Crippen LogP contribution >= 0.6 is 0 Å². The highest BCUT2D eigenvalue weighted by molar-refractivity contribution is 5.29. The molecule has 1 aliphatic heterocycles. The third-order valence-corrected chi connectivity index (χ3v) is 3.29. The predicted molar refractivity (Wildman–Crippen MR) is 61.6 cm³/mol. The minimum absolute atomic E-state index is 0.0408. The molecule has 2 nitrogen and oxygen atoms in total. The largest absolute Gasteiger partial charge is 0.381 e. The molecule has 1 heterocycles. The Hall–Kier alpha value is -0.930. The smallest absolute Gasteiger partial charge is 0.123 e. The molecule has 1 aromatic rings. The van der Waals surface area contributed by atoms with Gasteiger partial charge in [0.2, 0.25) is 0 Å². The summed E-state index contributed by atoms with van der Waals surface area (Å²) in [6, 6.07) is 4.77. The summed E-state index contributed by atoms with van der Waals surface area (Å²) in [6.45, 7) is 3.46.